The first-order valence-corrected chi connectivity index (χ1v) is 11.8. The molecule has 2 saturated carbocycles. The van der Waals surface area contributed by atoms with Gasteiger partial charge < -0.3 is 14.2 Å². The molecule has 2 fully saturated rings. The van der Waals surface area contributed by atoms with Gasteiger partial charge in [0.25, 0.3) is 6.47 Å². The highest BCUT2D eigenvalue weighted by Crippen LogP contribution is 2.64. The lowest BCUT2D eigenvalue weighted by atomic mass is 9.48. The van der Waals surface area contributed by atoms with Crippen molar-refractivity contribution in [3.8, 4) is 0 Å². The molecule has 6 atom stereocenters. The Hall–Kier alpha value is -1.29. The van der Waals surface area contributed by atoms with E-state index in [0.717, 1.165) is 19.4 Å². The third-order valence-corrected chi connectivity index (χ3v) is 8.87. The molecule has 0 bridgehead atoms. The summed E-state index contributed by atoms with van der Waals surface area (Å²) in [5.41, 5.74) is -6.45. The van der Waals surface area contributed by atoms with E-state index in [1.54, 1.807) is 0 Å². The molecule has 0 aromatic heterocycles. The number of allylic oxidation sites excluding steroid dienone is 2. The number of hydrogen-bond donors (Lipinski definition) is 1. The van der Waals surface area contributed by atoms with E-state index in [9.17, 15) is 26.4 Å². The Morgan fingerprint density at radius 1 is 1.23 bits per heavy atom. The molecule has 0 spiro atoms. The maximum absolute atomic E-state index is 12.9. The van der Waals surface area contributed by atoms with Crippen LogP contribution in [0.3, 0.4) is 0 Å². The van der Waals surface area contributed by atoms with Crippen molar-refractivity contribution in [2.75, 3.05) is 13.6 Å². The highest BCUT2D eigenvalue weighted by Gasteiger charge is 2.60. The van der Waals surface area contributed by atoms with Crippen molar-refractivity contribution in [2.24, 2.45) is 28.6 Å². The van der Waals surface area contributed by atoms with Gasteiger partial charge in [0.1, 0.15) is 11.9 Å². The lowest BCUT2D eigenvalue weighted by Gasteiger charge is -2.57. The second kappa shape index (κ2) is 8.00. The van der Waals surface area contributed by atoms with Crippen molar-refractivity contribution >= 4 is 16.6 Å². The molecule has 172 valence electrons. The van der Waals surface area contributed by atoms with Gasteiger partial charge in [-0.25, -0.2) is 0 Å². The summed E-state index contributed by atoms with van der Waals surface area (Å²) in [5.74, 6) is 0.352. The average molecular weight is 454 g/mol. The Labute approximate surface area is 175 Å². The Morgan fingerprint density at radius 2 is 1.93 bits per heavy atom. The molecule has 10 heteroatoms. The van der Waals surface area contributed by atoms with E-state index in [1.807, 2.05) is 14.0 Å². The lowest BCUT2D eigenvalue weighted by Crippen LogP contribution is -2.54. The molecule has 3 aliphatic carbocycles. The molecule has 0 heterocycles. The molecule has 0 aromatic carbocycles. The van der Waals surface area contributed by atoms with Crippen molar-refractivity contribution in [2.45, 2.75) is 64.0 Å². The van der Waals surface area contributed by atoms with Crippen LogP contribution < -0.4 is 5.32 Å². The minimum Gasteiger partial charge on any atom is -0.464 e. The summed E-state index contributed by atoms with van der Waals surface area (Å²) in [6.07, 6.45) is 5.33. The number of ether oxygens (including phenoxy) is 1. The van der Waals surface area contributed by atoms with E-state index in [2.05, 4.69) is 16.4 Å². The van der Waals surface area contributed by atoms with Gasteiger partial charge in [0.2, 0.25) is 0 Å². The van der Waals surface area contributed by atoms with Gasteiger partial charge in [-0.1, -0.05) is 13.8 Å². The normalized spacial score (nSPS) is 38.9. The Morgan fingerprint density at radius 3 is 2.53 bits per heavy atom. The summed E-state index contributed by atoms with van der Waals surface area (Å²) in [4.78, 5) is 11.1. The molecule has 0 aliphatic heterocycles. The predicted molar refractivity (Wildman–Crippen MR) is 103 cm³/mol. The first kappa shape index (κ1) is 23.4. The Balaban J connectivity index is 1.85. The van der Waals surface area contributed by atoms with E-state index in [1.165, 1.54) is 6.08 Å². The molecular formula is C20H30F3NO5S. The van der Waals surface area contributed by atoms with Crippen LogP contribution in [-0.4, -0.2) is 40.1 Å². The summed E-state index contributed by atoms with van der Waals surface area (Å²) >= 11 is 0. The van der Waals surface area contributed by atoms with Crippen LogP contribution in [0.5, 0.6) is 0 Å². The van der Waals surface area contributed by atoms with Crippen LogP contribution in [0.1, 0.15) is 52.4 Å². The second-order valence-electron chi connectivity index (χ2n) is 9.28. The molecule has 6 nitrogen and oxygen atoms in total. The third kappa shape index (κ3) is 3.74. The molecule has 3 rings (SSSR count). The molecule has 6 unspecified atom stereocenters. The molecule has 1 N–H and O–H groups in total. The van der Waals surface area contributed by atoms with Crippen LogP contribution in [0.15, 0.2) is 11.8 Å². The summed E-state index contributed by atoms with van der Waals surface area (Å²) < 4.78 is 71.8. The molecule has 0 amide bonds. The Kier molecular flexibility index (Phi) is 6.23. The van der Waals surface area contributed by atoms with Crippen molar-refractivity contribution in [1.82, 2.24) is 5.32 Å². The van der Waals surface area contributed by atoms with Gasteiger partial charge in [0.15, 0.2) is 0 Å². The number of carbonyl (C=O) groups excluding carboxylic acids is 1. The van der Waals surface area contributed by atoms with Crippen molar-refractivity contribution < 1.29 is 35.3 Å². The minimum absolute atomic E-state index is 0.000718. The van der Waals surface area contributed by atoms with Crippen molar-refractivity contribution in [3.05, 3.63) is 11.8 Å². The zero-order valence-electron chi connectivity index (χ0n) is 17.5. The zero-order valence-corrected chi connectivity index (χ0v) is 18.3. The lowest BCUT2D eigenvalue weighted by molar-refractivity contribution is -0.162. The summed E-state index contributed by atoms with van der Waals surface area (Å²) in [7, 11) is -3.82. The largest absolute Gasteiger partial charge is 0.534 e. The maximum Gasteiger partial charge on any atom is 0.534 e. The van der Waals surface area contributed by atoms with Gasteiger partial charge in [-0.05, 0) is 75.9 Å². The summed E-state index contributed by atoms with van der Waals surface area (Å²) in [6, 6.07) is 0. The molecule has 3 aliphatic rings. The smallest absolute Gasteiger partial charge is 0.464 e. The minimum atomic E-state index is -5.69. The maximum atomic E-state index is 12.9. The second-order valence-corrected chi connectivity index (χ2v) is 10.8. The number of rotatable bonds is 7. The van der Waals surface area contributed by atoms with Gasteiger partial charge in [-0.15, -0.1) is 0 Å². The van der Waals surface area contributed by atoms with Crippen LogP contribution in [0.25, 0.3) is 0 Å². The fourth-order valence-corrected chi connectivity index (χ4v) is 6.86. The number of nitrogens with one attached hydrogen (secondary N) is 1. The number of carbonyl (C=O) groups is 1. The van der Waals surface area contributed by atoms with Crippen LogP contribution in [0, 0.1) is 28.6 Å². The van der Waals surface area contributed by atoms with E-state index < -0.39 is 21.0 Å². The zero-order chi connectivity index (χ0) is 22.4. The van der Waals surface area contributed by atoms with Crippen LogP contribution in [-0.2, 0) is 23.8 Å². The van der Waals surface area contributed by atoms with Crippen LogP contribution >= 0.6 is 0 Å². The summed E-state index contributed by atoms with van der Waals surface area (Å²) in [5, 5.41) is 3.15. The van der Waals surface area contributed by atoms with E-state index in [4.69, 9.17) is 4.74 Å². The van der Waals surface area contributed by atoms with E-state index >= 15 is 0 Å². The van der Waals surface area contributed by atoms with Gasteiger partial charge in [0.05, 0.1) is 0 Å². The van der Waals surface area contributed by atoms with Crippen molar-refractivity contribution in [1.29, 1.82) is 0 Å². The van der Waals surface area contributed by atoms with Gasteiger partial charge >= 0.3 is 15.6 Å². The molecule has 0 saturated heterocycles. The topological polar surface area (TPSA) is 81.7 Å². The molecule has 0 radical (unpaired) electrons. The fourth-order valence-electron chi connectivity index (χ4n) is 6.28. The third-order valence-electron chi connectivity index (χ3n) is 7.91. The highest BCUT2D eigenvalue weighted by atomic mass is 32.2. The number of halogens is 3. The standard InChI is InChI=1S/C20H30F3NO5S/c1-18-9-8-15-13(4-6-16(28-12-25)19(15,2)10-11-24-3)14(18)5-7-17(18)29-30(26,27)20(21,22)23/h7,12-16,24H,4-6,8-11H2,1-3H3. The highest BCUT2D eigenvalue weighted by molar-refractivity contribution is 7.87. The van der Waals surface area contributed by atoms with E-state index in [0.29, 0.717) is 32.2 Å². The van der Waals surface area contributed by atoms with E-state index in [-0.39, 0.29) is 35.0 Å². The monoisotopic (exact) mass is 453 g/mol. The van der Waals surface area contributed by atoms with Gasteiger partial charge in [0, 0.05) is 10.8 Å². The average Bonchev–Trinajstić information content (AvgIpc) is 2.98. The van der Waals surface area contributed by atoms with Crippen molar-refractivity contribution in [3.63, 3.8) is 0 Å². The quantitative estimate of drug-likeness (QED) is 0.359. The summed E-state index contributed by atoms with van der Waals surface area (Å²) in [6.45, 7) is 5.21. The number of hydrogen-bond acceptors (Lipinski definition) is 6. The molecular weight excluding hydrogens is 423 g/mol. The van der Waals surface area contributed by atoms with Crippen LogP contribution in [0.4, 0.5) is 13.2 Å². The van der Waals surface area contributed by atoms with Crippen LogP contribution in [0.2, 0.25) is 0 Å². The molecule has 0 aromatic rings. The SMILES string of the molecule is CNCCC1(C)C(OC=O)CCC2C3CC=C(OS(=O)(=O)C(F)(F)F)C3(C)CCC21. The fraction of sp³-hybridized carbons (Fsp3) is 0.850. The van der Waals surface area contributed by atoms with Gasteiger partial charge in [-0.2, -0.15) is 21.6 Å². The number of fused-ring (bicyclic) bond motifs is 3. The molecule has 30 heavy (non-hydrogen) atoms. The Bertz CT molecular complexity index is 799. The first-order chi connectivity index (χ1) is 13.9. The van der Waals surface area contributed by atoms with Gasteiger partial charge in [-0.3, -0.25) is 4.79 Å². The predicted octanol–water partition coefficient (Wildman–Crippen LogP) is 3.74. The number of alkyl halides is 3. The first-order valence-electron chi connectivity index (χ1n) is 10.4.